The van der Waals surface area contributed by atoms with Gasteiger partial charge in [0.15, 0.2) is 0 Å². The topological polar surface area (TPSA) is 42.0 Å². The minimum Gasteiger partial charge on any atom is -0.352 e. The number of rotatable bonds is 7. The molecular weight excluding hydrogens is 320 g/mol. The molecule has 0 saturated carbocycles. The van der Waals surface area contributed by atoms with Crippen LogP contribution in [-0.2, 0) is 0 Å². The maximum atomic E-state index is 12.8. The number of pyridine rings is 1. The molecule has 0 unspecified atom stereocenters. The SMILES string of the molecule is CCCCCCNC(=O)c1cc(-c2cccc(C)c2)nc2ccccc12. The molecular formula is C23H26N2O. The molecule has 0 aliphatic carbocycles. The van der Waals surface area contributed by atoms with Crippen molar-refractivity contribution in [3.63, 3.8) is 0 Å². The van der Waals surface area contributed by atoms with E-state index in [4.69, 9.17) is 4.98 Å². The lowest BCUT2D eigenvalue weighted by atomic mass is 10.0. The number of hydrogen-bond acceptors (Lipinski definition) is 2. The molecule has 3 aromatic rings. The van der Waals surface area contributed by atoms with Crippen LogP contribution in [0.2, 0.25) is 0 Å². The second kappa shape index (κ2) is 8.61. The van der Waals surface area contributed by atoms with Crippen molar-refractivity contribution in [2.75, 3.05) is 6.54 Å². The van der Waals surface area contributed by atoms with Crippen molar-refractivity contribution in [1.82, 2.24) is 10.3 Å². The molecule has 134 valence electrons. The number of unbranched alkanes of at least 4 members (excludes halogenated alkanes) is 3. The summed E-state index contributed by atoms with van der Waals surface area (Å²) in [6, 6.07) is 18.0. The summed E-state index contributed by atoms with van der Waals surface area (Å²) in [5.41, 5.74) is 4.60. The molecule has 3 nitrogen and oxygen atoms in total. The van der Waals surface area contributed by atoms with E-state index in [0.717, 1.165) is 41.5 Å². The largest absolute Gasteiger partial charge is 0.352 e. The Hall–Kier alpha value is -2.68. The monoisotopic (exact) mass is 346 g/mol. The predicted molar refractivity (Wildman–Crippen MR) is 108 cm³/mol. The van der Waals surface area contributed by atoms with Gasteiger partial charge >= 0.3 is 0 Å². The van der Waals surface area contributed by atoms with Gasteiger partial charge in [-0.05, 0) is 31.5 Å². The van der Waals surface area contributed by atoms with E-state index < -0.39 is 0 Å². The lowest BCUT2D eigenvalue weighted by Crippen LogP contribution is -2.24. The third-order valence-corrected chi connectivity index (χ3v) is 4.59. The average Bonchev–Trinajstić information content (AvgIpc) is 2.66. The van der Waals surface area contributed by atoms with Gasteiger partial charge in [0, 0.05) is 17.5 Å². The number of para-hydroxylation sites is 1. The van der Waals surface area contributed by atoms with Crippen molar-refractivity contribution < 1.29 is 4.79 Å². The van der Waals surface area contributed by atoms with Crippen molar-refractivity contribution in [1.29, 1.82) is 0 Å². The van der Waals surface area contributed by atoms with Crippen molar-refractivity contribution in [2.24, 2.45) is 0 Å². The summed E-state index contributed by atoms with van der Waals surface area (Å²) in [6.45, 7) is 4.97. The van der Waals surface area contributed by atoms with Gasteiger partial charge in [0.05, 0.1) is 16.8 Å². The number of nitrogens with one attached hydrogen (secondary N) is 1. The summed E-state index contributed by atoms with van der Waals surface area (Å²) in [7, 11) is 0. The average molecular weight is 346 g/mol. The van der Waals surface area contributed by atoms with Gasteiger partial charge in [-0.2, -0.15) is 0 Å². The maximum absolute atomic E-state index is 12.8. The zero-order chi connectivity index (χ0) is 18.4. The summed E-state index contributed by atoms with van der Waals surface area (Å²) in [5.74, 6) is -0.0194. The van der Waals surface area contributed by atoms with Crippen LogP contribution in [0.3, 0.4) is 0 Å². The number of nitrogens with zero attached hydrogens (tertiary/aromatic N) is 1. The molecule has 0 aliphatic rings. The Balaban J connectivity index is 1.91. The molecule has 0 atom stereocenters. The highest BCUT2D eigenvalue weighted by molar-refractivity contribution is 6.07. The number of amides is 1. The maximum Gasteiger partial charge on any atom is 0.252 e. The molecule has 0 bridgehead atoms. The first kappa shape index (κ1) is 18.1. The quantitative estimate of drug-likeness (QED) is 0.572. The lowest BCUT2D eigenvalue weighted by molar-refractivity contribution is 0.0954. The van der Waals surface area contributed by atoms with Crippen molar-refractivity contribution >= 4 is 16.8 Å². The van der Waals surface area contributed by atoms with E-state index in [-0.39, 0.29) is 5.91 Å². The van der Waals surface area contributed by atoms with E-state index in [0.29, 0.717) is 5.56 Å². The Morgan fingerprint density at radius 3 is 2.65 bits per heavy atom. The van der Waals surface area contributed by atoms with Crippen LogP contribution in [-0.4, -0.2) is 17.4 Å². The highest BCUT2D eigenvalue weighted by Gasteiger charge is 2.13. The Morgan fingerprint density at radius 2 is 1.85 bits per heavy atom. The predicted octanol–water partition coefficient (Wildman–Crippen LogP) is 5.52. The smallest absolute Gasteiger partial charge is 0.252 e. The van der Waals surface area contributed by atoms with Crippen LogP contribution < -0.4 is 5.32 Å². The highest BCUT2D eigenvalue weighted by atomic mass is 16.1. The van der Waals surface area contributed by atoms with E-state index in [1.54, 1.807) is 0 Å². The van der Waals surface area contributed by atoms with Gasteiger partial charge < -0.3 is 5.32 Å². The lowest BCUT2D eigenvalue weighted by Gasteiger charge is -2.11. The molecule has 2 aromatic carbocycles. The zero-order valence-corrected chi connectivity index (χ0v) is 15.6. The van der Waals surface area contributed by atoms with Crippen LogP contribution in [0.1, 0.15) is 48.5 Å². The minimum atomic E-state index is -0.0194. The first-order chi connectivity index (χ1) is 12.7. The molecule has 3 heteroatoms. The van der Waals surface area contributed by atoms with Crippen molar-refractivity contribution in [2.45, 2.75) is 39.5 Å². The van der Waals surface area contributed by atoms with Crippen LogP contribution >= 0.6 is 0 Å². The number of carbonyl (C=O) groups is 1. The number of hydrogen-bond donors (Lipinski definition) is 1. The molecule has 0 aliphatic heterocycles. The number of benzene rings is 2. The normalized spacial score (nSPS) is 10.8. The van der Waals surface area contributed by atoms with Crippen LogP contribution in [0, 0.1) is 6.92 Å². The Morgan fingerprint density at radius 1 is 1.00 bits per heavy atom. The van der Waals surface area contributed by atoms with Gasteiger partial charge in [-0.1, -0.05) is 68.1 Å². The first-order valence-corrected chi connectivity index (χ1v) is 9.44. The molecule has 0 fully saturated rings. The standard InChI is InChI=1S/C23H26N2O/c1-3-4-5-8-14-24-23(26)20-16-22(18-11-9-10-17(2)15-18)25-21-13-7-6-12-19(20)21/h6-7,9-13,15-16H,3-5,8,14H2,1-2H3,(H,24,26). The minimum absolute atomic E-state index is 0.0194. The summed E-state index contributed by atoms with van der Waals surface area (Å²) in [6.07, 6.45) is 4.59. The number of fused-ring (bicyclic) bond motifs is 1. The summed E-state index contributed by atoms with van der Waals surface area (Å²) < 4.78 is 0. The molecule has 0 saturated heterocycles. The Bertz CT molecular complexity index is 902. The van der Waals surface area contributed by atoms with Crippen LogP contribution in [0.4, 0.5) is 0 Å². The fraction of sp³-hybridized carbons (Fsp3) is 0.304. The summed E-state index contributed by atoms with van der Waals surface area (Å²) in [4.78, 5) is 17.6. The fourth-order valence-corrected chi connectivity index (χ4v) is 3.16. The number of aryl methyl sites for hydroxylation is 1. The Labute approximate surface area is 155 Å². The van der Waals surface area contributed by atoms with Gasteiger partial charge in [-0.15, -0.1) is 0 Å². The van der Waals surface area contributed by atoms with Crippen molar-refractivity contribution in [3.05, 3.63) is 65.7 Å². The highest BCUT2D eigenvalue weighted by Crippen LogP contribution is 2.25. The molecule has 1 N–H and O–H groups in total. The second-order valence-electron chi connectivity index (χ2n) is 6.76. The van der Waals surface area contributed by atoms with Crippen molar-refractivity contribution in [3.8, 4) is 11.3 Å². The molecule has 0 radical (unpaired) electrons. The number of aromatic nitrogens is 1. The molecule has 1 amide bonds. The number of carbonyl (C=O) groups excluding carboxylic acids is 1. The molecule has 26 heavy (non-hydrogen) atoms. The molecule has 3 rings (SSSR count). The van der Waals surface area contributed by atoms with E-state index in [9.17, 15) is 4.79 Å². The summed E-state index contributed by atoms with van der Waals surface area (Å²) >= 11 is 0. The van der Waals surface area contributed by atoms with Gasteiger partial charge in [-0.25, -0.2) is 4.98 Å². The van der Waals surface area contributed by atoms with Crippen LogP contribution in [0.25, 0.3) is 22.2 Å². The molecule has 0 spiro atoms. The van der Waals surface area contributed by atoms with Gasteiger partial charge in [0.25, 0.3) is 5.91 Å². The van der Waals surface area contributed by atoms with E-state index in [2.05, 4.69) is 31.3 Å². The fourth-order valence-electron chi connectivity index (χ4n) is 3.16. The molecule has 1 aromatic heterocycles. The third kappa shape index (κ3) is 4.29. The van der Waals surface area contributed by atoms with Gasteiger partial charge in [-0.3, -0.25) is 4.79 Å². The third-order valence-electron chi connectivity index (χ3n) is 4.59. The second-order valence-corrected chi connectivity index (χ2v) is 6.76. The van der Waals surface area contributed by atoms with Gasteiger partial charge in [0.1, 0.15) is 0 Å². The van der Waals surface area contributed by atoms with E-state index >= 15 is 0 Å². The molecule has 1 heterocycles. The first-order valence-electron chi connectivity index (χ1n) is 9.44. The van der Waals surface area contributed by atoms with Crippen LogP contribution in [0.15, 0.2) is 54.6 Å². The van der Waals surface area contributed by atoms with E-state index in [1.807, 2.05) is 42.5 Å². The van der Waals surface area contributed by atoms with Crippen LogP contribution in [0.5, 0.6) is 0 Å². The van der Waals surface area contributed by atoms with Gasteiger partial charge in [0.2, 0.25) is 0 Å². The summed E-state index contributed by atoms with van der Waals surface area (Å²) in [5, 5.41) is 3.97. The van der Waals surface area contributed by atoms with E-state index in [1.165, 1.54) is 18.4 Å². The zero-order valence-electron chi connectivity index (χ0n) is 15.6. The Kier molecular flexibility index (Phi) is 6.00.